The maximum absolute atomic E-state index is 5.64. The second-order valence-corrected chi connectivity index (χ2v) is 7.08. The smallest absolute Gasteiger partial charge is 0.00715 e. The highest BCUT2D eigenvalue weighted by molar-refractivity contribution is 5.27. The average molecular weight is 259 g/mol. The molecule has 0 aliphatic heterocycles. The molecule has 0 radical (unpaired) electrons. The van der Waals surface area contributed by atoms with E-state index in [1.165, 1.54) is 31.2 Å². The van der Waals surface area contributed by atoms with Gasteiger partial charge in [0.2, 0.25) is 0 Å². The van der Waals surface area contributed by atoms with E-state index in [9.17, 15) is 0 Å². The Balaban J connectivity index is 1.99. The Bertz CT molecular complexity index is 381. The first-order valence-electron chi connectivity index (χ1n) is 7.82. The molecule has 0 spiro atoms. The zero-order chi connectivity index (χ0) is 13.9. The van der Waals surface area contributed by atoms with E-state index < -0.39 is 0 Å². The summed E-state index contributed by atoms with van der Waals surface area (Å²) in [6, 6.07) is 9.33. The fourth-order valence-corrected chi connectivity index (χ4v) is 3.25. The maximum Gasteiger partial charge on any atom is -0.00715 e. The molecule has 2 N–H and O–H groups in total. The van der Waals surface area contributed by atoms with Crippen molar-refractivity contribution in [1.29, 1.82) is 0 Å². The highest BCUT2D eigenvalue weighted by Crippen LogP contribution is 2.42. The van der Waals surface area contributed by atoms with E-state index >= 15 is 0 Å². The lowest BCUT2D eigenvalue weighted by molar-refractivity contribution is 0.224. The van der Waals surface area contributed by atoms with Gasteiger partial charge in [-0.1, -0.05) is 45.0 Å². The molecule has 2 rings (SSSR count). The molecule has 1 fully saturated rings. The highest BCUT2D eigenvalue weighted by atomic mass is 14.5. The van der Waals surface area contributed by atoms with E-state index in [0.29, 0.717) is 11.3 Å². The largest absolute Gasteiger partial charge is 0.330 e. The van der Waals surface area contributed by atoms with Crippen LogP contribution in [-0.2, 0) is 0 Å². The predicted molar refractivity (Wildman–Crippen MR) is 83.5 cm³/mol. The molecule has 0 aromatic heterocycles. The summed E-state index contributed by atoms with van der Waals surface area (Å²) in [6.07, 6.45) is 6.51. The van der Waals surface area contributed by atoms with Gasteiger partial charge in [0.05, 0.1) is 0 Å². The normalized spacial score (nSPS) is 21.3. The van der Waals surface area contributed by atoms with Crippen molar-refractivity contribution in [2.24, 2.45) is 11.1 Å². The van der Waals surface area contributed by atoms with Crippen molar-refractivity contribution in [2.45, 2.75) is 64.7 Å². The van der Waals surface area contributed by atoms with Crippen molar-refractivity contribution in [2.75, 3.05) is 6.54 Å². The minimum atomic E-state index is 0.562. The van der Waals surface area contributed by atoms with E-state index in [1.807, 2.05) is 0 Å². The summed E-state index contributed by atoms with van der Waals surface area (Å²) in [6.45, 7) is 7.85. The van der Waals surface area contributed by atoms with Crippen LogP contribution >= 0.6 is 0 Å². The predicted octanol–water partition coefficient (Wildman–Crippen LogP) is 4.82. The van der Waals surface area contributed by atoms with Crippen LogP contribution in [-0.4, -0.2) is 6.54 Å². The van der Waals surface area contributed by atoms with Crippen molar-refractivity contribution in [3.63, 3.8) is 0 Å². The Morgan fingerprint density at radius 3 is 2.26 bits per heavy atom. The van der Waals surface area contributed by atoms with Gasteiger partial charge in [0, 0.05) is 0 Å². The summed E-state index contributed by atoms with van der Waals surface area (Å²) in [5.74, 6) is 1.37. The summed E-state index contributed by atoms with van der Waals surface area (Å²) >= 11 is 0. The standard InChI is InChI=1S/C18H29N/c1-14(10-13-19)15-4-6-16(7-5-15)17-8-11-18(2,3)12-9-17/h4-7,14,17H,8-13,19H2,1-3H3. The summed E-state index contributed by atoms with van der Waals surface area (Å²) in [4.78, 5) is 0. The van der Waals surface area contributed by atoms with Gasteiger partial charge in [0.1, 0.15) is 0 Å². The van der Waals surface area contributed by atoms with Crippen LogP contribution in [0.25, 0.3) is 0 Å². The van der Waals surface area contributed by atoms with Crippen molar-refractivity contribution in [3.05, 3.63) is 35.4 Å². The molecule has 1 aliphatic rings. The van der Waals surface area contributed by atoms with Crippen LogP contribution in [0.1, 0.15) is 75.8 Å². The fraction of sp³-hybridized carbons (Fsp3) is 0.667. The molecule has 1 aromatic carbocycles. The molecule has 0 heterocycles. The van der Waals surface area contributed by atoms with Gasteiger partial charge in [-0.15, -0.1) is 0 Å². The summed E-state index contributed by atoms with van der Waals surface area (Å²) in [5.41, 5.74) is 9.18. The first-order valence-corrected chi connectivity index (χ1v) is 7.82. The molecule has 1 nitrogen and oxygen atoms in total. The summed E-state index contributed by atoms with van der Waals surface area (Å²) in [7, 11) is 0. The van der Waals surface area contributed by atoms with Crippen LogP contribution in [0.3, 0.4) is 0 Å². The molecule has 106 valence electrons. The average Bonchev–Trinajstić information content (AvgIpc) is 2.39. The Hall–Kier alpha value is -0.820. The second-order valence-electron chi connectivity index (χ2n) is 7.08. The van der Waals surface area contributed by atoms with Gasteiger partial charge in [0.15, 0.2) is 0 Å². The number of benzene rings is 1. The highest BCUT2D eigenvalue weighted by Gasteiger charge is 2.27. The second kappa shape index (κ2) is 6.09. The first-order chi connectivity index (χ1) is 9.02. The van der Waals surface area contributed by atoms with Gasteiger partial charge < -0.3 is 5.73 Å². The van der Waals surface area contributed by atoms with E-state index in [2.05, 4.69) is 45.0 Å². The van der Waals surface area contributed by atoms with Gasteiger partial charge in [-0.25, -0.2) is 0 Å². The molecule has 1 aliphatic carbocycles. The van der Waals surface area contributed by atoms with Gasteiger partial charge in [-0.2, -0.15) is 0 Å². The molecule has 0 bridgehead atoms. The van der Waals surface area contributed by atoms with Crippen molar-refractivity contribution in [1.82, 2.24) is 0 Å². The van der Waals surface area contributed by atoms with Crippen LogP contribution in [0.2, 0.25) is 0 Å². The van der Waals surface area contributed by atoms with Crippen molar-refractivity contribution in [3.8, 4) is 0 Å². The Kier molecular flexibility index (Phi) is 4.67. The summed E-state index contributed by atoms with van der Waals surface area (Å²) in [5, 5.41) is 0. The molecule has 1 heteroatoms. The quantitative estimate of drug-likeness (QED) is 0.824. The number of hydrogen-bond donors (Lipinski definition) is 1. The van der Waals surface area contributed by atoms with Crippen LogP contribution in [0, 0.1) is 5.41 Å². The lowest BCUT2D eigenvalue weighted by Crippen LogP contribution is -2.20. The Labute approximate surface area is 118 Å². The van der Waals surface area contributed by atoms with Crippen molar-refractivity contribution < 1.29 is 0 Å². The minimum absolute atomic E-state index is 0.562. The van der Waals surface area contributed by atoms with Crippen LogP contribution in [0.5, 0.6) is 0 Å². The third kappa shape index (κ3) is 3.82. The monoisotopic (exact) mass is 259 g/mol. The molecule has 0 amide bonds. The first kappa shape index (κ1) is 14.6. The SMILES string of the molecule is CC(CCN)c1ccc(C2CCC(C)(C)CC2)cc1. The summed E-state index contributed by atoms with van der Waals surface area (Å²) < 4.78 is 0. The zero-order valence-electron chi connectivity index (χ0n) is 12.8. The van der Waals surface area contributed by atoms with Crippen molar-refractivity contribution >= 4 is 0 Å². The molecule has 19 heavy (non-hydrogen) atoms. The lowest BCUT2D eigenvalue weighted by Gasteiger charge is -2.34. The molecular formula is C18H29N. The minimum Gasteiger partial charge on any atom is -0.330 e. The molecule has 1 atom stereocenters. The van der Waals surface area contributed by atoms with E-state index in [4.69, 9.17) is 5.73 Å². The molecule has 0 saturated heterocycles. The molecule has 1 unspecified atom stereocenters. The van der Waals surface area contributed by atoms with Gasteiger partial charge in [-0.05, 0) is 67.0 Å². The van der Waals surface area contributed by atoms with Gasteiger partial charge in [0.25, 0.3) is 0 Å². The Morgan fingerprint density at radius 2 is 1.74 bits per heavy atom. The third-order valence-corrected chi connectivity index (χ3v) is 4.92. The lowest BCUT2D eigenvalue weighted by atomic mass is 9.71. The van der Waals surface area contributed by atoms with Crippen LogP contribution in [0.15, 0.2) is 24.3 Å². The number of nitrogens with two attached hydrogens (primary N) is 1. The van der Waals surface area contributed by atoms with Gasteiger partial charge in [-0.3, -0.25) is 0 Å². The third-order valence-electron chi connectivity index (χ3n) is 4.92. The van der Waals surface area contributed by atoms with E-state index in [-0.39, 0.29) is 0 Å². The molecule has 1 aromatic rings. The van der Waals surface area contributed by atoms with E-state index in [1.54, 1.807) is 5.56 Å². The number of hydrogen-bond acceptors (Lipinski definition) is 1. The topological polar surface area (TPSA) is 26.0 Å². The maximum atomic E-state index is 5.64. The van der Waals surface area contributed by atoms with Crippen LogP contribution < -0.4 is 5.73 Å². The molecular weight excluding hydrogens is 230 g/mol. The number of rotatable bonds is 4. The Morgan fingerprint density at radius 1 is 1.16 bits per heavy atom. The van der Waals surface area contributed by atoms with Crippen LogP contribution in [0.4, 0.5) is 0 Å². The van der Waals surface area contributed by atoms with E-state index in [0.717, 1.165) is 18.9 Å². The van der Waals surface area contributed by atoms with Gasteiger partial charge >= 0.3 is 0 Å². The zero-order valence-corrected chi connectivity index (χ0v) is 12.8. The fourth-order valence-electron chi connectivity index (χ4n) is 3.25. The molecule has 1 saturated carbocycles.